The van der Waals surface area contributed by atoms with Crippen LogP contribution in [0.25, 0.3) is 0 Å². The standard InChI is InChI=1S/C5H11N2O4PS2/c1-10-12(13,11-2)14-3(4(6)8)5(7)9/h8H,6H2,1-2H3,(H2,7,9)/b4-3-. The van der Waals surface area contributed by atoms with Crippen LogP contribution in [0.5, 0.6) is 0 Å². The van der Waals surface area contributed by atoms with Crippen LogP contribution in [-0.4, -0.2) is 25.2 Å². The minimum Gasteiger partial charge on any atom is -0.494 e. The smallest absolute Gasteiger partial charge is 0.261 e. The van der Waals surface area contributed by atoms with Crippen molar-refractivity contribution in [2.24, 2.45) is 11.5 Å². The normalized spacial score (nSPS) is 13.6. The zero-order chi connectivity index (χ0) is 11.4. The van der Waals surface area contributed by atoms with Gasteiger partial charge < -0.3 is 25.6 Å². The first-order valence-electron chi connectivity index (χ1n) is 3.26. The summed E-state index contributed by atoms with van der Waals surface area (Å²) in [5.74, 6) is -1.57. The molecule has 82 valence electrons. The van der Waals surface area contributed by atoms with E-state index in [1.807, 2.05) is 0 Å². The summed E-state index contributed by atoms with van der Waals surface area (Å²) in [6.45, 7) is 0. The van der Waals surface area contributed by atoms with Crippen molar-refractivity contribution < 1.29 is 18.9 Å². The van der Waals surface area contributed by atoms with Crippen LogP contribution in [-0.2, 0) is 25.6 Å². The van der Waals surface area contributed by atoms with Gasteiger partial charge in [-0.1, -0.05) is 0 Å². The van der Waals surface area contributed by atoms with Gasteiger partial charge in [0.2, 0.25) is 5.88 Å². The summed E-state index contributed by atoms with van der Waals surface area (Å²) in [5.41, 5.74) is 7.29. The minimum atomic E-state index is -2.69. The van der Waals surface area contributed by atoms with Gasteiger partial charge in [-0.3, -0.25) is 4.79 Å². The number of hydrogen-bond donors (Lipinski definition) is 3. The highest BCUT2D eigenvalue weighted by molar-refractivity contribution is 8.69. The Morgan fingerprint density at radius 1 is 1.43 bits per heavy atom. The first kappa shape index (κ1) is 13.7. The number of aliphatic hydroxyl groups excluding tert-OH is 1. The Morgan fingerprint density at radius 2 is 1.86 bits per heavy atom. The largest absolute Gasteiger partial charge is 0.494 e. The Labute approximate surface area is 90.5 Å². The van der Waals surface area contributed by atoms with E-state index in [-0.39, 0.29) is 4.91 Å². The molecule has 14 heavy (non-hydrogen) atoms. The van der Waals surface area contributed by atoms with Gasteiger partial charge in [0.25, 0.3) is 11.6 Å². The Morgan fingerprint density at radius 3 is 2.07 bits per heavy atom. The molecular formula is C5H11N2O4PS2. The zero-order valence-corrected chi connectivity index (χ0v) is 10.1. The van der Waals surface area contributed by atoms with Gasteiger partial charge in [0.05, 0.1) is 0 Å². The van der Waals surface area contributed by atoms with Crippen molar-refractivity contribution in [2.45, 2.75) is 0 Å². The summed E-state index contributed by atoms with van der Waals surface area (Å²) in [6, 6.07) is 0. The van der Waals surface area contributed by atoms with Gasteiger partial charge in [0.15, 0.2) is 0 Å². The molecular weight excluding hydrogens is 247 g/mol. The van der Waals surface area contributed by atoms with Crippen molar-refractivity contribution >= 4 is 34.8 Å². The summed E-state index contributed by atoms with van der Waals surface area (Å²) >= 11 is 5.66. The molecule has 0 fully saturated rings. The van der Waals surface area contributed by atoms with E-state index >= 15 is 0 Å². The number of carbonyl (C=O) groups excluding carboxylic acids is 1. The molecule has 6 nitrogen and oxygen atoms in total. The predicted octanol–water partition coefficient (Wildman–Crippen LogP) is 0.408. The number of hydrogen-bond acceptors (Lipinski definition) is 7. The van der Waals surface area contributed by atoms with E-state index in [4.69, 9.17) is 37.4 Å². The van der Waals surface area contributed by atoms with Crippen molar-refractivity contribution in [3.8, 4) is 0 Å². The molecule has 0 aromatic rings. The number of carbonyl (C=O) groups is 1. The van der Waals surface area contributed by atoms with Crippen LogP contribution < -0.4 is 11.5 Å². The van der Waals surface area contributed by atoms with E-state index < -0.39 is 17.5 Å². The number of nitrogens with two attached hydrogens (primary N) is 2. The van der Waals surface area contributed by atoms with Gasteiger partial charge in [-0.2, -0.15) is 0 Å². The van der Waals surface area contributed by atoms with E-state index in [0.717, 1.165) is 11.4 Å². The lowest BCUT2D eigenvalue weighted by molar-refractivity contribution is -0.114. The average Bonchev–Trinajstić information content (AvgIpc) is 2.13. The fourth-order valence-corrected chi connectivity index (χ4v) is 3.52. The maximum atomic E-state index is 10.8. The zero-order valence-electron chi connectivity index (χ0n) is 7.59. The van der Waals surface area contributed by atoms with Gasteiger partial charge in [0.1, 0.15) is 4.91 Å². The average molecular weight is 258 g/mol. The maximum Gasteiger partial charge on any atom is 0.261 e. The lowest BCUT2D eigenvalue weighted by Crippen LogP contribution is -2.16. The Kier molecular flexibility index (Phi) is 5.46. The fourth-order valence-electron chi connectivity index (χ4n) is 0.479. The van der Waals surface area contributed by atoms with Crippen LogP contribution >= 0.6 is 17.1 Å². The number of rotatable bonds is 5. The van der Waals surface area contributed by atoms with Crippen molar-refractivity contribution in [1.82, 2.24) is 0 Å². The number of primary amides is 1. The lowest BCUT2D eigenvalue weighted by atomic mass is 10.5. The molecule has 0 saturated heterocycles. The van der Waals surface area contributed by atoms with Gasteiger partial charge in [0, 0.05) is 14.2 Å². The van der Waals surface area contributed by atoms with E-state index in [2.05, 4.69) is 0 Å². The van der Waals surface area contributed by atoms with Crippen molar-refractivity contribution in [2.75, 3.05) is 14.2 Å². The first-order chi connectivity index (χ1) is 6.36. The molecule has 9 heteroatoms. The highest BCUT2D eigenvalue weighted by Crippen LogP contribution is 2.62. The van der Waals surface area contributed by atoms with Crippen LogP contribution in [0.3, 0.4) is 0 Å². The number of aliphatic hydroxyl groups is 1. The topological polar surface area (TPSA) is 108 Å². The highest BCUT2D eigenvalue weighted by atomic mass is 32.9. The third-order valence-corrected chi connectivity index (χ3v) is 6.50. The van der Waals surface area contributed by atoms with Gasteiger partial charge in [-0.15, -0.1) is 0 Å². The molecule has 0 aliphatic carbocycles. The summed E-state index contributed by atoms with van der Waals surface area (Å²) in [6.07, 6.45) is 0. The Hall–Kier alpha value is -0.270. The molecule has 0 spiro atoms. The lowest BCUT2D eigenvalue weighted by Gasteiger charge is -2.16. The molecule has 0 rings (SSSR count). The van der Waals surface area contributed by atoms with Gasteiger partial charge >= 0.3 is 0 Å². The third-order valence-electron chi connectivity index (χ3n) is 1.11. The van der Waals surface area contributed by atoms with Crippen molar-refractivity contribution in [3.63, 3.8) is 0 Å². The van der Waals surface area contributed by atoms with E-state index in [9.17, 15) is 4.79 Å². The first-order valence-corrected chi connectivity index (χ1v) is 7.32. The Bertz CT molecular complexity index is 294. The SMILES string of the molecule is COP(=S)(OC)S/C(C(N)=O)=C(/N)O. The van der Waals surface area contributed by atoms with Crippen LogP contribution in [0.15, 0.2) is 10.8 Å². The number of amides is 1. The third kappa shape index (κ3) is 3.85. The maximum absolute atomic E-state index is 10.8. The molecule has 0 heterocycles. The molecule has 0 bridgehead atoms. The molecule has 1 amide bonds. The molecule has 0 saturated carbocycles. The van der Waals surface area contributed by atoms with Gasteiger partial charge in [-0.05, 0) is 23.2 Å². The molecule has 0 radical (unpaired) electrons. The van der Waals surface area contributed by atoms with Gasteiger partial charge in [-0.25, -0.2) is 0 Å². The summed E-state index contributed by atoms with van der Waals surface area (Å²) in [5, 5.41) is 8.93. The molecule has 0 aliphatic rings. The molecule has 0 aliphatic heterocycles. The molecule has 0 atom stereocenters. The molecule has 0 aromatic carbocycles. The highest BCUT2D eigenvalue weighted by Gasteiger charge is 2.24. The van der Waals surface area contributed by atoms with E-state index in [0.29, 0.717) is 0 Å². The quantitative estimate of drug-likeness (QED) is 0.372. The van der Waals surface area contributed by atoms with E-state index in [1.165, 1.54) is 14.2 Å². The van der Waals surface area contributed by atoms with E-state index in [1.54, 1.807) is 0 Å². The minimum absolute atomic E-state index is 0.253. The van der Waals surface area contributed by atoms with Crippen molar-refractivity contribution in [1.29, 1.82) is 0 Å². The fraction of sp³-hybridized carbons (Fsp3) is 0.400. The van der Waals surface area contributed by atoms with Crippen LogP contribution in [0.1, 0.15) is 0 Å². The monoisotopic (exact) mass is 258 g/mol. The summed E-state index contributed by atoms with van der Waals surface area (Å²) in [7, 11) is 2.67. The van der Waals surface area contributed by atoms with Crippen LogP contribution in [0.4, 0.5) is 0 Å². The molecule has 0 unspecified atom stereocenters. The molecule has 0 aromatic heterocycles. The Balaban J connectivity index is 4.88. The second-order valence-electron chi connectivity index (χ2n) is 1.98. The second-order valence-corrected chi connectivity index (χ2v) is 8.32. The second kappa shape index (κ2) is 5.57. The van der Waals surface area contributed by atoms with Crippen LogP contribution in [0.2, 0.25) is 0 Å². The summed E-state index contributed by atoms with van der Waals surface area (Å²) in [4.78, 5) is 10.6. The molecule has 5 N–H and O–H groups in total. The van der Waals surface area contributed by atoms with Crippen LogP contribution in [0, 0.1) is 0 Å². The summed E-state index contributed by atoms with van der Waals surface area (Å²) < 4.78 is 9.75. The predicted molar refractivity (Wildman–Crippen MR) is 58.9 cm³/mol. The van der Waals surface area contributed by atoms with Crippen molar-refractivity contribution in [3.05, 3.63) is 10.8 Å².